The molecular weight excluding hydrogens is 266 g/mol. The van der Waals surface area contributed by atoms with Crippen LogP contribution in [0.5, 0.6) is 0 Å². The summed E-state index contributed by atoms with van der Waals surface area (Å²) in [6, 6.07) is 0.656. The Morgan fingerprint density at radius 3 is 2.80 bits per heavy atom. The summed E-state index contributed by atoms with van der Waals surface area (Å²) < 4.78 is 0. The van der Waals surface area contributed by atoms with Gasteiger partial charge < -0.3 is 5.32 Å². The molecule has 0 bridgehead atoms. The largest absolute Gasteiger partial charge is 0.308 e. The van der Waals surface area contributed by atoms with Crippen LogP contribution < -0.4 is 5.32 Å². The second kappa shape index (κ2) is 5.74. The highest BCUT2D eigenvalue weighted by molar-refractivity contribution is 7.11. The Hall–Kier alpha value is -0.450. The Bertz CT molecular complexity index is 448. The van der Waals surface area contributed by atoms with Gasteiger partial charge in [-0.05, 0) is 25.7 Å². The summed E-state index contributed by atoms with van der Waals surface area (Å²) in [6.45, 7) is 10.2. The monoisotopic (exact) mass is 293 g/mol. The molecule has 1 N–H and O–H groups in total. The number of aryl methyl sites for hydroxylation is 1. The van der Waals surface area contributed by atoms with Gasteiger partial charge in [0.1, 0.15) is 0 Å². The molecule has 2 heterocycles. The van der Waals surface area contributed by atoms with Crippen molar-refractivity contribution in [2.45, 2.75) is 64.6 Å². The Kier molecular flexibility index (Phi) is 4.16. The van der Waals surface area contributed by atoms with E-state index in [1.807, 2.05) is 11.3 Å². The van der Waals surface area contributed by atoms with E-state index in [1.165, 1.54) is 42.1 Å². The first kappa shape index (κ1) is 14.5. The number of rotatable bonds is 3. The highest BCUT2D eigenvalue weighted by Crippen LogP contribution is 2.35. The number of nitrogens with one attached hydrogen (secondary N) is 1. The Balaban J connectivity index is 1.75. The van der Waals surface area contributed by atoms with Crippen molar-refractivity contribution in [2.75, 3.05) is 13.1 Å². The van der Waals surface area contributed by atoms with Gasteiger partial charge >= 0.3 is 0 Å². The SMILES string of the molecule is Cc1ncc(CN2CC3(CCCC3)NCC2C(C)C)s1. The molecule has 1 saturated heterocycles. The number of thiazole rings is 1. The van der Waals surface area contributed by atoms with Crippen LogP contribution in [0.3, 0.4) is 0 Å². The zero-order valence-corrected chi connectivity index (χ0v) is 13.8. The van der Waals surface area contributed by atoms with Crippen LogP contribution in [0.15, 0.2) is 6.20 Å². The van der Waals surface area contributed by atoms with Crippen LogP contribution in [0.25, 0.3) is 0 Å². The van der Waals surface area contributed by atoms with Gasteiger partial charge in [0.15, 0.2) is 0 Å². The molecule has 2 aliphatic rings. The topological polar surface area (TPSA) is 28.2 Å². The minimum absolute atomic E-state index is 0.408. The van der Waals surface area contributed by atoms with Crippen LogP contribution in [0.2, 0.25) is 0 Å². The number of nitrogens with zero attached hydrogens (tertiary/aromatic N) is 2. The third kappa shape index (κ3) is 2.92. The smallest absolute Gasteiger partial charge is 0.0897 e. The zero-order chi connectivity index (χ0) is 14.2. The Morgan fingerprint density at radius 1 is 1.45 bits per heavy atom. The molecule has 0 amide bonds. The van der Waals surface area contributed by atoms with Crippen molar-refractivity contribution in [1.82, 2.24) is 15.2 Å². The van der Waals surface area contributed by atoms with E-state index in [2.05, 4.69) is 42.2 Å². The maximum absolute atomic E-state index is 4.42. The second-order valence-electron chi connectivity index (χ2n) is 6.93. The lowest BCUT2D eigenvalue weighted by atomic mass is 9.89. The Labute approximate surface area is 126 Å². The molecule has 1 aromatic rings. The van der Waals surface area contributed by atoms with Crippen LogP contribution in [0.1, 0.15) is 49.4 Å². The van der Waals surface area contributed by atoms with E-state index in [1.54, 1.807) is 0 Å². The fourth-order valence-electron chi connectivity index (χ4n) is 3.91. The van der Waals surface area contributed by atoms with Crippen LogP contribution in [-0.2, 0) is 6.54 Å². The standard InChI is InChI=1S/C16H27N3S/c1-12(2)15-9-18-16(6-4-5-7-16)11-19(15)10-14-8-17-13(3)20-14/h8,12,15,18H,4-7,9-11H2,1-3H3. The number of piperazine rings is 1. The van der Waals surface area contributed by atoms with Crippen LogP contribution in [-0.4, -0.2) is 34.6 Å². The van der Waals surface area contributed by atoms with Gasteiger partial charge in [-0.2, -0.15) is 0 Å². The first-order valence-corrected chi connectivity index (χ1v) is 8.80. The number of hydrogen-bond acceptors (Lipinski definition) is 4. The predicted molar refractivity (Wildman–Crippen MR) is 85.1 cm³/mol. The highest BCUT2D eigenvalue weighted by atomic mass is 32.1. The van der Waals surface area contributed by atoms with E-state index in [4.69, 9.17) is 0 Å². The summed E-state index contributed by atoms with van der Waals surface area (Å²) in [5.41, 5.74) is 0.408. The Morgan fingerprint density at radius 2 is 2.20 bits per heavy atom. The third-order valence-corrected chi connectivity index (χ3v) is 5.92. The number of aromatic nitrogens is 1. The average Bonchev–Trinajstić information content (AvgIpc) is 2.99. The minimum Gasteiger partial charge on any atom is -0.308 e. The molecule has 1 aromatic heterocycles. The fourth-order valence-corrected chi connectivity index (χ4v) is 4.73. The molecular formula is C16H27N3S. The minimum atomic E-state index is 0.408. The molecule has 2 fully saturated rings. The summed E-state index contributed by atoms with van der Waals surface area (Å²) >= 11 is 1.85. The lowest BCUT2D eigenvalue weighted by Gasteiger charge is -2.47. The van der Waals surface area contributed by atoms with Gasteiger partial charge in [0, 0.05) is 42.3 Å². The van der Waals surface area contributed by atoms with Gasteiger partial charge in [-0.1, -0.05) is 26.7 Å². The maximum Gasteiger partial charge on any atom is 0.0897 e. The summed E-state index contributed by atoms with van der Waals surface area (Å²) in [6.07, 6.45) is 7.58. The lowest BCUT2D eigenvalue weighted by Crippen LogP contribution is -2.63. The molecule has 3 rings (SSSR count). The van der Waals surface area contributed by atoms with Gasteiger partial charge in [0.25, 0.3) is 0 Å². The van der Waals surface area contributed by atoms with Crippen molar-refractivity contribution in [3.05, 3.63) is 16.1 Å². The third-order valence-electron chi connectivity index (χ3n) is 5.02. The number of hydrogen-bond donors (Lipinski definition) is 1. The van der Waals surface area contributed by atoms with Crippen LogP contribution >= 0.6 is 11.3 Å². The highest BCUT2D eigenvalue weighted by Gasteiger charge is 2.41. The molecule has 0 radical (unpaired) electrons. The zero-order valence-electron chi connectivity index (χ0n) is 13.0. The predicted octanol–water partition coefficient (Wildman–Crippen LogP) is 3.19. The quantitative estimate of drug-likeness (QED) is 0.927. The van der Waals surface area contributed by atoms with E-state index in [-0.39, 0.29) is 0 Å². The van der Waals surface area contributed by atoms with E-state index in [9.17, 15) is 0 Å². The molecule has 20 heavy (non-hydrogen) atoms. The van der Waals surface area contributed by atoms with Gasteiger partial charge in [-0.25, -0.2) is 4.98 Å². The summed E-state index contributed by atoms with van der Waals surface area (Å²) in [5, 5.41) is 5.08. The van der Waals surface area contributed by atoms with Gasteiger partial charge in [0.2, 0.25) is 0 Å². The molecule has 1 aliphatic carbocycles. The van der Waals surface area contributed by atoms with Crippen molar-refractivity contribution >= 4 is 11.3 Å². The molecule has 1 saturated carbocycles. The molecule has 1 spiro atoms. The fraction of sp³-hybridized carbons (Fsp3) is 0.812. The molecule has 1 aliphatic heterocycles. The molecule has 4 heteroatoms. The van der Waals surface area contributed by atoms with Crippen molar-refractivity contribution in [1.29, 1.82) is 0 Å². The van der Waals surface area contributed by atoms with E-state index in [0.717, 1.165) is 13.1 Å². The van der Waals surface area contributed by atoms with Crippen LogP contribution in [0.4, 0.5) is 0 Å². The van der Waals surface area contributed by atoms with Crippen molar-refractivity contribution < 1.29 is 0 Å². The van der Waals surface area contributed by atoms with Gasteiger partial charge in [-0.15, -0.1) is 11.3 Å². The molecule has 112 valence electrons. The van der Waals surface area contributed by atoms with Crippen molar-refractivity contribution in [3.8, 4) is 0 Å². The molecule has 1 atom stereocenters. The van der Waals surface area contributed by atoms with Crippen molar-refractivity contribution in [2.24, 2.45) is 5.92 Å². The summed E-state index contributed by atoms with van der Waals surface area (Å²) in [4.78, 5) is 8.56. The molecule has 1 unspecified atom stereocenters. The molecule has 0 aromatic carbocycles. The maximum atomic E-state index is 4.42. The van der Waals surface area contributed by atoms with E-state index >= 15 is 0 Å². The van der Waals surface area contributed by atoms with Gasteiger partial charge in [0.05, 0.1) is 5.01 Å². The van der Waals surface area contributed by atoms with Crippen molar-refractivity contribution in [3.63, 3.8) is 0 Å². The normalized spacial score (nSPS) is 26.7. The second-order valence-corrected chi connectivity index (χ2v) is 8.25. The average molecular weight is 293 g/mol. The van der Waals surface area contributed by atoms with Gasteiger partial charge in [-0.3, -0.25) is 4.90 Å². The molecule has 3 nitrogen and oxygen atoms in total. The van der Waals surface area contributed by atoms with E-state index < -0.39 is 0 Å². The summed E-state index contributed by atoms with van der Waals surface area (Å²) in [7, 11) is 0. The van der Waals surface area contributed by atoms with E-state index in [0.29, 0.717) is 17.5 Å². The summed E-state index contributed by atoms with van der Waals surface area (Å²) in [5.74, 6) is 0.704. The van der Waals surface area contributed by atoms with Crippen LogP contribution in [0, 0.1) is 12.8 Å². The lowest BCUT2D eigenvalue weighted by molar-refractivity contribution is 0.0514. The first-order valence-electron chi connectivity index (χ1n) is 7.98. The first-order chi connectivity index (χ1) is 9.58.